The van der Waals surface area contributed by atoms with E-state index in [0.717, 1.165) is 18.7 Å². The molecule has 114 valence electrons. The molecule has 5 nitrogen and oxygen atoms in total. The van der Waals surface area contributed by atoms with Crippen LogP contribution in [0.15, 0.2) is 29.4 Å². The summed E-state index contributed by atoms with van der Waals surface area (Å²) in [5, 5.41) is 3.47. The predicted molar refractivity (Wildman–Crippen MR) is 81.2 cm³/mol. The number of hydrogen-bond donors (Lipinski definition) is 0. The SMILES string of the molecule is CO[C@H](c1ccc(N2CCCCC2)cc1)[C@@H](CF)N=[N+]=[N-]. The third-order valence-electron chi connectivity index (χ3n) is 3.90. The summed E-state index contributed by atoms with van der Waals surface area (Å²) in [6.07, 6.45) is 3.19. The largest absolute Gasteiger partial charge is 0.376 e. The fourth-order valence-corrected chi connectivity index (χ4v) is 2.78. The number of anilines is 1. The van der Waals surface area contributed by atoms with Crippen LogP contribution in [0.1, 0.15) is 30.9 Å². The van der Waals surface area contributed by atoms with E-state index in [0.29, 0.717) is 0 Å². The van der Waals surface area contributed by atoms with Crippen LogP contribution < -0.4 is 4.90 Å². The highest BCUT2D eigenvalue weighted by atomic mass is 19.1. The zero-order chi connectivity index (χ0) is 15.1. The maximum absolute atomic E-state index is 13.0. The normalized spacial score (nSPS) is 17.9. The highest BCUT2D eigenvalue weighted by Gasteiger charge is 2.22. The molecule has 1 aromatic carbocycles. The Labute approximate surface area is 124 Å². The number of nitrogens with zero attached hydrogens (tertiary/aromatic N) is 4. The molecule has 0 amide bonds. The molecule has 21 heavy (non-hydrogen) atoms. The second kappa shape index (κ2) is 7.86. The van der Waals surface area contributed by atoms with Crippen molar-refractivity contribution in [3.8, 4) is 0 Å². The first-order chi connectivity index (χ1) is 10.3. The van der Waals surface area contributed by atoms with Gasteiger partial charge in [0.25, 0.3) is 0 Å². The molecule has 0 radical (unpaired) electrons. The number of hydrogen-bond acceptors (Lipinski definition) is 3. The van der Waals surface area contributed by atoms with E-state index in [1.807, 2.05) is 24.3 Å². The number of ether oxygens (including phenoxy) is 1. The van der Waals surface area contributed by atoms with E-state index in [4.69, 9.17) is 10.3 Å². The van der Waals surface area contributed by atoms with Gasteiger partial charge >= 0.3 is 0 Å². The van der Waals surface area contributed by atoms with Crippen LogP contribution in [0.25, 0.3) is 10.4 Å². The van der Waals surface area contributed by atoms with E-state index in [1.165, 1.54) is 32.1 Å². The smallest absolute Gasteiger partial charge is 0.101 e. The Balaban J connectivity index is 2.13. The molecule has 2 rings (SSSR count). The maximum Gasteiger partial charge on any atom is 0.101 e. The van der Waals surface area contributed by atoms with Crippen LogP contribution in [-0.2, 0) is 4.74 Å². The summed E-state index contributed by atoms with van der Waals surface area (Å²) in [5.74, 6) is 0. The van der Waals surface area contributed by atoms with Crippen LogP contribution in [0.5, 0.6) is 0 Å². The summed E-state index contributed by atoms with van der Waals surface area (Å²) in [4.78, 5) is 5.05. The fraction of sp³-hybridized carbons (Fsp3) is 0.600. The topological polar surface area (TPSA) is 61.2 Å². The Morgan fingerprint density at radius 2 is 1.95 bits per heavy atom. The minimum absolute atomic E-state index is 0.554. The number of halogens is 1. The average molecular weight is 292 g/mol. The molecule has 0 N–H and O–H groups in total. The zero-order valence-corrected chi connectivity index (χ0v) is 12.3. The van der Waals surface area contributed by atoms with Crippen molar-refractivity contribution >= 4 is 5.69 Å². The van der Waals surface area contributed by atoms with Crippen molar-refractivity contribution in [1.29, 1.82) is 0 Å². The van der Waals surface area contributed by atoms with E-state index in [2.05, 4.69) is 14.9 Å². The Morgan fingerprint density at radius 3 is 2.48 bits per heavy atom. The molecular formula is C15H21FN4O. The van der Waals surface area contributed by atoms with Crippen molar-refractivity contribution in [2.75, 3.05) is 31.8 Å². The molecule has 6 heteroatoms. The first-order valence-electron chi connectivity index (χ1n) is 7.28. The molecule has 0 bridgehead atoms. The van der Waals surface area contributed by atoms with Gasteiger partial charge in [-0.25, -0.2) is 0 Å². The number of piperidine rings is 1. The van der Waals surface area contributed by atoms with Crippen molar-refractivity contribution in [2.45, 2.75) is 31.4 Å². The minimum atomic E-state index is -0.833. The fourth-order valence-electron chi connectivity index (χ4n) is 2.78. The summed E-state index contributed by atoms with van der Waals surface area (Å²) < 4.78 is 18.3. The Hall–Kier alpha value is -1.78. The third-order valence-corrected chi connectivity index (χ3v) is 3.90. The number of alkyl halides is 1. The van der Waals surface area contributed by atoms with Gasteiger partial charge in [-0.15, -0.1) is 0 Å². The summed E-state index contributed by atoms with van der Waals surface area (Å²) in [5.41, 5.74) is 10.5. The predicted octanol–water partition coefficient (Wildman–Crippen LogP) is 4.01. The standard InChI is InChI=1S/C15H21FN4O/c1-21-15(14(11-16)18-19-17)12-5-7-13(8-6-12)20-9-3-2-4-10-20/h5-8,14-15H,2-4,9-11H2,1H3/t14-,15-/m1/s1. The highest BCUT2D eigenvalue weighted by Crippen LogP contribution is 2.27. The van der Waals surface area contributed by atoms with E-state index in [-0.39, 0.29) is 0 Å². The first kappa shape index (κ1) is 15.6. The molecule has 1 fully saturated rings. The number of azide groups is 1. The summed E-state index contributed by atoms with van der Waals surface area (Å²) in [6, 6.07) is 7.07. The Bertz CT molecular complexity index is 481. The second-order valence-electron chi connectivity index (χ2n) is 5.22. The lowest BCUT2D eigenvalue weighted by atomic mass is 10.0. The van der Waals surface area contributed by atoms with E-state index in [9.17, 15) is 4.39 Å². The van der Waals surface area contributed by atoms with Crippen LogP contribution in [0, 0.1) is 0 Å². The lowest BCUT2D eigenvalue weighted by molar-refractivity contribution is 0.0722. The van der Waals surface area contributed by atoms with E-state index < -0.39 is 18.8 Å². The van der Waals surface area contributed by atoms with Gasteiger partial charge in [0.05, 0.1) is 12.1 Å². The molecule has 0 saturated carbocycles. The van der Waals surface area contributed by atoms with Crippen LogP contribution >= 0.6 is 0 Å². The van der Waals surface area contributed by atoms with Crippen LogP contribution in [0.3, 0.4) is 0 Å². The highest BCUT2D eigenvalue weighted by molar-refractivity contribution is 5.48. The lowest BCUT2D eigenvalue weighted by Crippen LogP contribution is -2.29. The van der Waals surface area contributed by atoms with E-state index >= 15 is 0 Å². The summed E-state index contributed by atoms with van der Waals surface area (Å²) in [6.45, 7) is 1.42. The van der Waals surface area contributed by atoms with Gasteiger partial charge in [-0.05, 0) is 42.5 Å². The van der Waals surface area contributed by atoms with Gasteiger partial charge in [-0.3, -0.25) is 4.39 Å². The van der Waals surface area contributed by atoms with Gasteiger partial charge in [0, 0.05) is 30.8 Å². The molecule has 0 aromatic heterocycles. The van der Waals surface area contributed by atoms with Crippen molar-refractivity contribution < 1.29 is 9.13 Å². The summed E-state index contributed by atoms with van der Waals surface area (Å²) in [7, 11) is 1.50. The molecule has 0 spiro atoms. The monoisotopic (exact) mass is 292 g/mol. The van der Waals surface area contributed by atoms with Gasteiger partial charge in [-0.1, -0.05) is 17.2 Å². The molecule has 1 aromatic rings. The number of rotatable bonds is 6. The molecule has 1 aliphatic rings. The molecular weight excluding hydrogens is 271 g/mol. The van der Waals surface area contributed by atoms with Gasteiger partial charge in [0.15, 0.2) is 0 Å². The van der Waals surface area contributed by atoms with Crippen LogP contribution in [0.4, 0.5) is 10.1 Å². The quantitative estimate of drug-likeness (QED) is 0.452. The van der Waals surface area contributed by atoms with Gasteiger partial charge in [0.1, 0.15) is 6.67 Å². The van der Waals surface area contributed by atoms with Gasteiger partial charge in [0.2, 0.25) is 0 Å². The first-order valence-corrected chi connectivity index (χ1v) is 7.28. The molecule has 0 unspecified atom stereocenters. The van der Waals surface area contributed by atoms with Crippen LogP contribution in [0.2, 0.25) is 0 Å². The van der Waals surface area contributed by atoms with Crippen molar-refractivity contribution in [3.63, 3.8) is 0 Å². The van der Waals surface area contributed by atoms with Crippen molar-refractivity contribution in [2.24, 2.45) is 5.11 Å². The molecule has 1 heterocycles. The average Bonchev–Trinajstić information content (AvgIpc) is 2.56. The molecule has 1 saturated heterocycles. The lowest BCUT2D eigenvalue weighted by Gasteiger charge is -2.29. The molecule has 2 atom stereocenters. The van der Waals surface area contributed by atoms with Gasteiger partial charge < -0.3 is 9.64 Å². The minimum Gasteiger partial charge on any atom is -0.376 e. The Morgan fingerprint density at radius 1 is 1.29 bits per heavy atom. The van der Waals surface area contributed by atoms with Gasteiger partial charge in [-0.2, -0.15) is 0 Å². The second-order valence-corrected chi connectivity index (χ2v) is 5.22. The van der Waals surface area contributed by atoms with E-state index in [1.54, 1.807) is 0 Å². The van der Waals surface area contributed by atoms with Crippen molar-refractivity contribution in [3.05, 3.63) is 40.3 Å². The van der Waals surface area contributed by atoms with Crippen molar-refractivity contribution in [1.82, 2.24) is 0 Å². The van der Waals surface area contributed by atoms with Crippen LogP contribution in [-0.4, -0.2) is 32.9 Å². The number of benzene rings is 1. The molecule has 0 aliphatic carbocycles. The maximum atomic E-state index is 13.0. The summed E-state index contributed by atoms with van der Waals surface area (Å²) >= 11 is 0. The molecule has 1 aliphatic heterocycles. The third kappa shape index (κ3) is 3.86. The Kier molecular flexibility index (Phi) is 5.84. The zero-order valence-electron chi connectivity index (χ0n) is 12.3. The number of methoxy groups -OCH3 is 1.